The Bertz CT molecular complexity index is 1240. The van der Waals surface area contributed by atoms with Crippen molar-refractivity contribution in [3.05, 3.63) is 59.0 Å². The van der Waals surface area contributed by atoms with Crippen molar-refractivity contribution in [2.75, 3.05) is 47.6 Å². The number of Topliss-reactive ketones (excluding diaryl/α,β-unsaturated/α-hetero) is 1. The molecular weight excluding hydrogens is 448 g/mol. The molecule has 0 saturated carbocycles. The van der Waals surface area contributed by atoms with E-state index in [1.165, 1.54) is 0 Å². The largest absolute Gasteiger partial charge is 0.507 e. The Morgan fingerprint density at radius 3 is 2.49 bits per heavy atom. The van der Waals surface area contributed by atoms with E-state index >= 15 is 0 Å². The third-order valence-corrected chi connectivity index (χ3v) is 6.27. The van der Waals surface area contributed by atoms with Crippen molar-refractivity contribution >= 4 is 22.8 Å². The molecule has 0 aliphatic carbocycles. The molecule has 2 heterocycles. The van der Waals surface area contributed by atoms with Crippen LogP contribution in [0.2, 0.25) is 0 Å². The lowest BCUT2D eigenvalue weighted by Gasteiger charge is -2.23. The highest BCUT2D eigenvalue weighted by Gasteiger charge is 2.32. The van der Waals surface area contributed by atoms with Crippen molar-refractivity contribution in [2.45, 2.75) is 20.0 Å². The van der Waals surface area contributed by atoms with Crippen LogP contribution in [0.4, 0.5) is 0 Å². The number of aromatic nitrogens is 1. The number of ether oxygens (including phenoxy) is 4. The molecule has 0 saturated heterocycles. The number of hydrogen-bond donors (Lipinski definition) is 1. The minimum atomic E-state index is -0.207. The maximum absolute atomic E-state index is 13.3. The Morgan fingerprint density at radius 2 is 1.83 bits per heavy atom. The quantitative estimate of drug-likeness (QED) is 0.414. The van der Waals surface area contributed by atoms with Gasteiger partial charge in [0.15, 0.2) is 5.76 Å². The van der Waals surface area contributed by atoms with Gasteiger partial charge < -0.3 is 28.6 Å². The standard InChI is InChI=1S/C27H32N2O6/c1-5-29-16-18(21-15-19(34-4)6-8-23(21)29)14-25-26(31)20-7-9-24(30)22(27(20)35-25)17-28(10-12-32-2)11-13-33-3/h6-9,14-16,30H,5,10-13,17H2,1-4H3/b25-14+. The van der Waals surface area contributed by atoms with Crippen molar-refractivity contribution in [1.82, 2.24) is 9.47 Å². The number of aromatic hydroxyl groups is 1. The summed E-state index contributed by atoms with van der Waals surface area (Å²) in [5.41, 5.74) is 2.93. The Labute approximate surface area is 205 Å². The van der Waals surface area contributed by atoms with Crippen LogP contribution in [0, 0.1) is 0 Å². The molecule has 35 heavy (non-hydrogen) atoms. The van der Waals surface area contributed by atoms with E-state index in [1.54, 1.807) is 39.5 Å². The molecule has 8 nitrogen and oxygen atoms in total. The third-order valence-electron chi connectivity index (χ3n) is 6.27. The molecule has 1 aromatic heterocycles. The number of allylic oxidation sites excluding steroid dienone is 1. The number of fused-ring (bicyclic) bond motifs is 2. The van der Waals surface area contributed by atoms with Gasteiger partial charge in [0.05, 0.1) is 31.5 Å². The van der Waals surface area contributed by atoms with Crippen LogP contribution in [-0.2, 0) is 22.6 Å². The van der Waals surface area contributed by atoms with Crippen LogP contribution in [0.5, 0.6) is 17.2 Å². The summed E-state index contributed by atoms with van der Waals surface area (Å²) in [7, 11) is 4.93. The lowest BCUT2D eigenvalue weighted by Crippen LogP contribution is -2.30. The summed E-state index contributed by atoms with van der Waals surface area (Å²) in [6, 6.07) is 9.06. The van der Waals surface area contributed by atoms with Crippen LogP contribution in [0.25, 0.3) is 17.0 Å². The number of carbonyl (C=O) groups excluding carboxylic acids is 1. The third kappa shape index (κ3) is 5.05. The smallest absolute Gasteiger partial charge is 0.231 e. The fourth-order valence-corrected chi connectivity index (χ4v) is 4.33. The molecule has 4 rings (SSSR count). The lowest BCUT2D eigenvalue weighted by molar-refractivity contribution is 0.101. The van der Waals surface area contributed by atoms with Crippen molar-refractivity contribution in [2.24, 2.45) is 0 Å². The number of phenolic OH excluding ortho intramolecular Hbond substituents is 1. The Morgan fingerprint density at radius 1 is 1.09 bits per heavy atom. The Hall–Kier alpha value is -3.33. The summed E-state index contributed by atoms with van der Waals surface area (Å²) in [5.74, 6) is 1.25. The maximum Gasteiger partial charge on any atom is 0.231 e. The van der Waals surface area contributed by atoms with Gasteiger partial charge in [0.25, 0.3) is 0 Å². The average molecular weight is 481 g/mol. The molecule has 8 heteroatoms. The highest BCUT2D eigenvalue weighted by atomic mass is 16.5. The molecular formula is C27H32N2O6. The van der Waals surface area contributed by atoms with Crippen LogP contribution in [0.3, 0.4) is 0 Å². The van der Waals surface area contributed by atoms with Crippen LogP contribution in [-0.4, -0.2) is 68.0 Å². The van der Waals surface area contributed by atoms with E-state index < -0.39 is 0 Å². The first-order chi connectivity index (χ1) is 17.0. The minimum Gasteiger partial charge on any atom is -0.507 e. The molecule has 0 spiro atoms. The molecule has 0 amide bonds. The van der Waals surface area contributed by atoms with E-state index in [1.807, 2.05) is 24.4 Å². The Kier molecular flexibility index (Phi) is 7.75. The molecule has 1 aliphatic heterocycles. The molecule has 2 aromatic carbocycles. The molecule has 3 aromatic rings. The number of nitrogens with zero attached hydrogens (tertiary/aromatic N) is 2. The van der Waals surface area contributed by atoms with Crippen LogP contribution >= 0.6 is 0 Å². The monoisotopic (exact) mass is 480 g/mol. The average Bonchev–Trinajstić information content (AvgIpc) is 3.38. The van der Waals surface area contributed by atoms with Crippen molar-refractivity contribution in [3.8, 4) is 17.2 Å². The van der Waals surface area contributed by atoms with E-state index in [9.17, 15) is 9.90 Å². The topological polar surface area (TPSA) is 82.4 Å². The fourth-order valence-electron chi connectivity index (χ4n) is 4.33. The highest BCUT2D eigenvalue weighted by Crippen LogP contribution is 2.40. The summed E-state index contributed by atoms with van der Waals surface area (Å²) in [5, 5.41) is 11.6. The van der Waals surface area contributed by atoms with Crippen molar-refractivity contribution in [1.29, 1.82) is 0 Å². The summed E-state index contributed by atoms with van der Waals surface area (Å²) in [6.45, 7) is 5.63. The SMILES string of the molecule is CCn1cc(/C=C2/Oc3c(ccc(O)c3CN(CCOC)CCOC)C2=O)c2cc(OC)ccc21. The van der Waals surface area contributed by atoms with Gasteiger partial charge in [-0.05, 0) is 43.3 Å². The van der Waals surface area contributed by atoms with Gasteiger partial charge in [0.1, 0.15) is 17.2 Å². The first kappa shape index (κ1) is 24.8. The molecule has 0 unspecified atom stereocenters. The van der Waals surface area contributed by atoms with Gasteiger partial charge in [0, 0.05) is 63.1 Å². The molecule has 0 radical (unpaired) electrons. The molecule has 0 bridgehead atoms. The van der Waals surface area contributed by atoms with Gasteiger partial charge in [-0.25, -0.2) is 0 Å². The van der Waals surface area contributed by atoms with Gasteiger partial charge in [-0.1, -0.05) is 0 Å². The second-order valence-corrected chi connectivity index (χ2v) is 8.39. The van der Waals surface area contributed by atoms with Gasteiger partial charge in [-0.3, -0.25) is 9.69 Å². The second kappa shape index (κ2) is 10.9. The molecule has 1 N–H and O–H groups in total. The second-order valence-electron chi connectivity index (χ2n) is 8.39. The molecule has 0 fully saturated rings. The number of ketones is 1. The van der Waals surface area contributed by atoms with E-state index in [4.69, 9.17) is 18.9 Å². The molecule has 0 atom stereocenters. The zero-order valence-corrected chi connectivity index (χ0v) is 20.7. The zero-order chi connectivity index (χ0) is 24.9. The van der Waals surface area contributed by atoms with Crippen LogP contribution in [0.15, 0.2) is 42.3 Å². The maximum atomic E-state index is 13.3. The first-order valence-electron chi connectivity index (χ1n) is 11.7. The van der Waals surface area contributed by atoms with Gasteiger partial charge >= 0.3 is 0 Å². The summed E-state index contributed by atoms with van der Waals surface area (Å²) in [4.78, 5) is 15.4. The van der Waals surface area contributed by atoms with Gasteiger partial charge in [-0.15, -0.1) is 0 Å². The summed E-state index contributed by atoms with van der Waals surface area (Å²) in [6.07, 6.45) is 3.77. The number of rotatable bonds is 11. The van der Waals surface area contributed by atoms with Gasteiger partial charge in [-0.2, -0.15) is 0 Å². The minimum absolute atomic E-state index is 0.0879. The van der Waals surface area contributed by atoms with E-state index in [-0.39, 0.29) is 17.3 Å². The summed E-state index contributed by atoms with van der Waals surface area (Å²) >= 11 is 0. The van der Waals surface area contributed by atoms with Crippen LogP contribution in [0.1, 0.15) is 28.4 Å². The van der Waals surface area contributed by atoms with Crippen LogP contribution < -0.4 is 9.47 Å². The van der Waals surface area contributed by atoms with E-state index in [0.29, 0.717) is 49.7 Å². The number of carbonyl (C=O) groups is 1. The normalized spacial score (nSPS) is 14.2. The zero-order valence-electron chi connectivity index (χ0n) is 20.7. The number of hydrogen-bond acceptors (Lipinski definition) is 7. The summed E-state index contributed by atoms with van der Waals surface area (Å²) < 4.78 is 24.1. The predicted octanol–water partition coefficient (Wildman–Crippen LogP) is 4.09. The molecule has 1 aliphatic rings. The van der Waals surface area contributed by atoms with Gasteiger partial charge in [0.2, 0.25) is 5.78 Å². The van der Waals surface area contributed by atoms with Crippen molar-refractivity contribution in [3.63, 3.8) is 0 Å². The predicted molar refractivity (Wildman–Crippen MR) is 134 cm³/mol. The Balaban J connectivity index is 1.69. The highest BCUT2D eigenvalue weighted by molar-refractivity contribution is 6.15. The molecule has 186 valence electrons. The number of methoxy groups -OCH3 is 3. The lowest BCUT2D eigenvalue weighted by atomic mass is 10.0. The first-order valence-corrected chi connectivity index (χ1v) is 11.7. The van der Waals surface area contributed by atoms with Crippen molar-refractivity contribution < 1.29 is 28.8 Å². The number of phenols is 1. The number of benzene rings is 2. The fraction of sp³-hybridized carbons (Fsp3) is 0.370. The van der Waals surface area contributed by atoms with E-state index in [2.05, 4.69) is 16.4 Å². The number of aryl methyl sites for hydroxylation is 1. The van der Waals surface area contributed by atoms with E-state index in [0.717, 1.165) is 28.8 Å².